The highest BCUT2D eigenvalue weighted by Crippen LogP contribution is 2.32. The molecule has 2 rings (SSSR count). The minimum absolute atomic E-state index is 0.197. The number of pyridine rings is 1. The lowest BCUT2D eigenvalue weighted by Gasteiger charge is -2.36. The zero-order valence-corrected chi connectivity index (χ0v) is 11.2. The lowest BCUT2D eigenvalue weighted by Crippen LogP contribution is -2.40. The molecule has 1 unspecified atom stereocenters. The lowest BCUT2D eigenvalue weighted by molar-refractivity contribution is -0.137. The van der Waals surface area contributed by atoms with Gasteiger partial charge in [-0.3, -0.25) is 0 Å². The van der Waals surface area contributed by atoms with Gasteiger partial charge in [0.15, 0.2) is 0 Å². The van der Waals surface area contributed by atoms with E-state index in [-0.39, 0.29) is 6.04 Å². The van der Waals surface area contributed by atoms with E-state index in [4.69, 9.17) is 11.6 Å². The molecule has 106 valence electrons. The standard InChI is InChI=1S/C13H16ClF3N2/c14-6-4-11-3-1-2-8-19(11)12-9-10(5-7-18-12)13(15,16)17/h5,7,9,11H,1-4,6,8H2. The van der Waals surface area contributed by atoms with Crippen molar-refractivity contribution >= 4 is 17.4 Å². The van der Waals surface area contributed by atoms with Crippen LogP contribution in [0.15, 0.2) is 18.3 Å². The van der Waals surface area contributed by atoms with Crippen molar-refractivity contribution in [1.29, 1.82) is 0 Å². The minimum Gasteiger partial charge on any atom is -0.354 e. The average molecular weight is 293 g/mol. The zero-order valence-electron chi connectivity index (χ0n) is 10.5. The van der Waals surface area contributed by atoms with Crippen LogP contribution in [0.25, 0.3) is 0 Å². The molecule has 6 heteroatoms. The van der Waals surface area contributed by atoms with Crippen LogP contribution in [0.4, 0.5) is 19.0 Å². The Labute approximate surface area is 115 Å². The zero-order chi connectivity index (χ0) is 13.9. The lowest BCUT2D eigenvalue weighted by atomic mass is 10.00. The van der Waals surface area contributed by atoms with Gasteiger partial charge >= 0.3 is 6.18 Å². The first-order valence-electron chi connectivity index (χ1n) is 6.38. The van der Waals surface area contributed by atoms with Crippen LogP contribution in [0.5, 0.6) is 0 Å². The van der Waals surface area contributed by atoms with Gasteiger partial charge in [-0.15, -0.1) is 11.6 Å². The van der Waals surface area contributed by atoms with E-state index in [0.29, 0.717) is 11.7 Å². The Morgan fingerprint density at radius 2 is 2.16 bits per heavy atom. The average Bonchev–Trinajstić information content (AvgIpc) is 2.39. The van der Waals surface area contributed by atoms with Gasteiger partial charge in [0, 0.05) is 24.7 Å². The second kappa shape index (κ2) is 5.99. The van der Waals surface area contributed by atoms with Crippen molar-refractivity contribution < 1.29 is 13.2 Å². The maximum absolute atomic E-state index is 12.7. The Balaban J connectivity index is 2.24. The summed E-state index contributed by atoms with van der Waals surface area (Å²) in [5, 5.41) is 0. The summed E-state index contributed by atoms with van der Waals surface area (Å²) in [7, 11) is 0. The molecule has 19 heavy (non-hydrogen) atoms. The number of rotatable bonds is 3. The smallest absolute Gasteiger partial charge is 0.354 e. The molecule has 0 radical (unpaired) electrons. The molecule has 1 aromatic heterocycles. The van der Waals surface area contributed by atoms with Gasteiger partial charge < -0.3 is 4.90 Å². The maximum Gasteiger partial charge on any atom is 0.416 e. The Morgan fingerprint density at radius 1 is 1.37 bits per heavy atom. The van der Waals surface area contributed by atoms with Crippen molar-refractivity contribution in [2.24, 2.45) is 0 Å². The second-order valence-corrected chi connectivity index (χ2v) is 5.10. The molecule has 0 aliphatic carbocycles. The first-order valence-corrected chi connectivity index (χ1v) is 6.91. The first-order chi connectivity index (χ1) is 9.02. The summed E-state index contributed by atoms with van der Waals surface area (Å²) in [5.41, 5.74) is -0.646. The normalized spacial score (nSPS) is 20.6. The predicted octanol–water partition coefficient (Wildman–Crippen LogP) is 4.09. The largest absolute Gasteiger partial charge is 0.416 e. The fraction of sp³-hybridized carbons (Fsp3) is 0.615. The Kier molecular flexibility index (Phi) is 4.55. The van der Waals surface area contributed by atoms with Crippen LogP contribution in [0.2, 0.25) is 0 Å². The molecule has 1 aliphatic heterocycles. The summed E-state index contributed by atoms with van der Waals surface area (Å²) in [6.07, 6.45) is 0.720. The topological polar surface area (TPSA) is 16.1 Å². The maximum atomic E-state index is 12.7. The molecular formula is C13H16ClF3N2. The highest BCUT2D eigenvalue weighted by Gasteiger charge is 2.32. The summed E-state index contributed by atoms with van der Waals surface area (Å²) < 4.78 is 38.1. The van der Waals surface area contributed by atoms with Crippen molar-refractivity contribution in [1.82, 2.24) is 4.98 Å². The van der Waals surface area contributed by atoms with Crippen LogP contribution < -0.4 is 4.90 Å². The Bertz CT molecular complexity index is 421. The molecule has 1 fully saturated rings. The summed E-state index contributed by atoms with van der Waals surface area (Å²) in [6, 6.07) is 2.33. The van der Waals surface area contributed by atoms with Crippen LogP contribution in [-0.2, 0) is 6.18 Å². The molecule has 1 atom stereocenters. The van der Waals surface area contributed by atoms with E-state index >= 15 is 0 Å². The Hall–Kier alpha value is -0.970. The fourth-order valence-electron chi connectivity index (χ4n) is 2.48. The quantitative estimate of drug-likeness (QED) is 0.780. The van der Waals surface area contributed by atoms with Crippen molar-refractivity contribution in [2.75, 3.05) is 17.3 Å². The van der Waals surface area contributed by atoms with Gasteiger partial charge in [0.1, 0.15) is 5.82 Å². The molecular weight excluding hydrogens is 277 g/mol. The van der Waals surface area contributed by atoms with Crippen LogP contribution in [-0.4, -0.2) is 23.5 Å². The van der Waals surface area contributed by atoms with Crippen LogP contribution >= 0.6 is 11.6 Å². The number of hydrogen-bond donors (Lipinski definition) is 0. The number of aromatic nitrogens is 1. The van der Waals surface area contributed by atoms with Gasteiger partial charge in [-0.25, -0.2) is 4.98 Å². The third kappa shape index (κ3) is 3.53. The van der Waals surface area contributed by atoms with Gasteiger partial charge in [0.05, 0.1) is 5.56 Å². The number of piperidine rings is 1. The van der Waals surface area contributed by atoms with E-state index < -0.39 is 11.7 Å². The number of anilines is 1. The molecule has 0 spiro atoms. The van der Waals surface area contributed by atoms with Crippen LogP contribution in [0.3, 0.4) is 0 Å². The van der Waals surface area contributed by atoms with Crippen molar-refractivity contribution in [3.05, 3.63) is 23.9 Å². The minimum atomic E-state index is -4.32. The van der Waals surface area contributed by atoms with Crippen LogP contribution in [0.1, 0.15) is 31.2 Å². The van der Waals surface area contributed by atoms with Crippen molar-refractivity contribution in [2.45, 2.75) is 37.9 Å². The van der Waals surface area contributed by atoms with Crippen molar-refractivity contribution in [3.8, 4) is 0 Å². The van der Waals surface area contributed by atoms with E-state index in [1.54, 1.807) is 0 Å². The van der Waals surface area contributed by atoms with E-state index in [1.807, 2.05) is 4.90 Å². The molecule has 2 heterocycles. The van der Waals surface area contributed by atoms with E-state index in [1.165, 1.54) is 6.20 Å². The molecule has 1 saturated heterocycles. The summed E-state index contributed by atoms with van der Waals surface area (Å²) in [4.78, 5) is 6.05. The third-order valence-electron chi connectivity index (χ3n) is 3.44. The molecule has 1 aromatic rings. The Morgan fingerprint density at radius 3 is 2.84 bits per heavy atom. The highest BCUT2D eigenvalue weighted by atomic mass is 35.5. The van der Waals surface area contributed by atoms with Crippen LogP contribution in [0, 0.1) is 0 Å². The highest BCUT2D eigenvalue weighted by molar-refractivity contribution is 6.17. The van der Waals surface area contributed by atoms with Gasteiger partial charge in [-0.2, -0.15) is 13.2 Å². The van der Waals surface area contributed by atoms with Gasteiger partial charge in [0.25, 0.3) is 0 Å². The van der Waals surface area contributed by atoms with Gasteiger partial charge in [-0.1, -0.05) is 0 Å². The number of alkyl halides is 4. The summed E-state index contributed by atoms with van der Waals surface area (Å²) >= 11 is 5.76. The summed E-state index contributed by atoms with van der Waals surface area (Å²) in [5.74, 6) is 0.921. The number of halogens is 4. The molecule has 0 amide bonds. The van der Waals surface area contributed by atoms with E-state index in [0.717, 1.165) is 44.4 Å². The van der Waals surface area contributed by atoms with E-state index in [2.05, 4.69) is 4.98 Å². The fourth-order valence-corrected chi connectivity index (χ4v) is 2.73. The summed E-state index contributed by atoms with van der Waals surface area (Å²) in [6.45, 7) is 0.746. The molecule has 0 N–H and O–H groups in total. The van der Waals surface area contributed by atoms with Crippen molar-refractivity contribution in [3.63, 3.8) is 0 Å². The second-order valence-electron chi connectivity index (χ2n) is 4.72. The van der Waals surface area contributed by atoms with Gasteiger partial charge in [-0.05, 0) is 37.8 Å². The van der Waals surface area contributed by atoms with Gasteiger partial charge in [0.2, 0.25) is 0 Å². The molecule has 2 nitrogen and oxygen atoms in total. The molecule has 0 saturated carbocycles. The van der Waals surface area contributed by atoms with E-state index in [9.17, 15) is 13.2 Å². The monoisotopic (exact) mass is 292 g/mol. The number of nitrogens with zero attached hydrogens (tertiary/aromatic N) is 2. The third-order valence-corrected chi connectivity index (χ3v) is 3.65. The molecule has 0 bridgehead atoms. The molecule has 1 aliphatic rings. The SMILES string of the molecule is FC(F)(F)c1ccnc(N2CCCCC2CCCl)c1. The predicted molar refractivity (Wildman–Crippen MR) is 69.6 cm³/mol. The first kappa shape index (κ1) is 14.4. The number of hydrogen-bond acceptors (Lipinski definition) is 2. The molecule has 0 aromatic carbocycles.